The van der Waals surface area contributed by atoms with Crippen molar-refractivity contribution in [3.8, 4) is 10.6 Å². The van der Waals surface area contributed by atoms with Crippen LogP contribution in [0.25, 0.3) is 10.6 Å². The van der Waals surface area contributed by atoms with E-state index in [9.17, 15) is 9.18 Å². The number of nitrogens with one attached hydrogen (secondary N) is 1. The lowest BCUT2D eigenvalue weighted by Crippen LogP contribution is -2.24. The Balaban J connectivity index is 1.46. The number of aromatic nitrogens is 1. The summed E-state index contributed by atoms with van der Waals surface area (Å²) in [6.45, 7) is 0.317. The van der Waals surface area contributed by atoms with E-state index in [0.29, 0.717) is 18.0 Å². The zero-order valence-electron chi connectivity index (χ0n) is 12.0. The SMILES string of the molecule is O=C(CSc1ccc(F)cc1)NCc1cc(-c2cccs2)on1. The second-order valence-electron chi connectivity index (χ2n) is 4.68. The molecule has 2 heterocycles. The molecule has 0 fully saturated rings. The molecule has 2 aromatic heterocycles. The van der Waals surface area contributed by atoms with E-state index < -0.39 is 0 Å². The molecule has 0 aliphatic rings. The molecule has 0 unspecified atom stereocenters. The first-order valence-corrected chi connectivity index (χ1v) is 8.72. The Kier molecular flexibility index (Phi) is 5.09. The molecule has 4 nitrogen and oxygen atoms in total. The number of amides is 1. The molecule has 23 heavy (non-hydrogen) atoms. The van der Waals surface area contributed by atoms with E-state index in [4.69, 9.17) is 4.52 Å². The van der Waals surface area contributed by atoms with Gasteiger partial charge in [-0.05, 0) is 35.7 Å². The number of rotatable bonds is 6. The average Bonchev–Trinajstić information content (AvgIpc) is 3.23. The van der Waals surface area contributed by atoms with Crippen LogP contribution in [0.3, 0.4) is 0 Å². The summed E-state index contributed by atoms with van der Waals surface area (Å²) < 4.78 is 18.0. The molecule has 0 aliphatic carbocycles. The van der Waals surface area contributed by atoms with Crippen LogP contribution in [0.2, 0.25) is 0 Å². The number of carbonyl (C=O) groups excluding carboxylic acids is 1. The fourth-order valence-electron chi connectivity index (χ4n) is 1.85. The van der Waals surface area contributed by atoms with Crippen molar-refractivity contribution < 1.29 is 13.7 Å². The molecule has 0 atom stereocenters. The highest BCUT2D eigenvalue weighted by molar-refractivity contribution is 8.00. The van der Waals surface area contributed by atoms with Crippen LogP contribution in [0.1, 0.15) is 5.69 Å². The topological polar surface area (TPSA) is 55.1 Å². The number of benzene rings is 1. The molecule has 1 aromatic carbocycles. The highest BCUT2D eigenvalue weighted by Crippen LogP contribution is 2.25. The molecule has 1 amide bonds. The van der Waals surface area contributed by atoms with Gasteiger partial charge in [0.1, 0.15) is 11.5 Å². The van der Waals surface area contributed by atoms with Gasteiger partial charge >= 0.3 is 0 Å². The van der Waals surface area contributed by atoms with Gasteiger partial charge in [0, 0.05) is 11.0 Å². The number of thiophene rings is 1. The van der Waals surface area contributed by atoms with Gasteiger partial charge in [-0.3, -0.25) is 4.79 Å². The number of thioether (sulfide) groups is 1. The van der Waals surface area contributed by atoms with Crippen LogP contribution >= 0.6 is 23.1 Å². The van der Waals surface area contributed by atoms with Gasteiger partial charge in [0.2, 0.25) is 5.91 Å². The fourth-order valence-corrected chi connectivity index (χ4v) is 3.25. The largest absolute Gasteiger partial charge is 0.355 e. The molecule has 118 valence electrons. The number of hydrogen-bond acceptors (Lipinski definition) is 5. The van der Waals surface area contributed by atoms with Crippen LogP contribution in [-0.4, -0.2) is 16.8 Å². The molecule has 0 radical (unpaired) electrons. The van der Waals surface area contributed by atoms with Gasteiger partial charge < -0.3 is 9.84 Å². The van der Waals surface area contributed by atoms with Crippen molar-refractivity contribution in [3.63, 3.8) is 0 Å². The van der Waals surface area contributed by atoms with Crippen LogP contribution < -0.4 is 5.32 Å². The highest BCUT2D eigenvalue weighted by Gasteiger charge is 2.09. The van der Waals surface area contributed by atoms with Gasteiger partial charge in [-0.25, -0.2) is 4.39 Å². The third kappa shape index (κ3) is 4.43. The normalized spacial score (nSPS) is 10.7. The smallest absolute Gasteiger partial charge is 0.230 e. The predicted octanol–water partition coefficient (Wildman–Crippen LogP) is 3.95. The van der Waals surface area contributed by atoms with E-state index in [1.807, 2.05) is 23.6 Å². The van der Waals surface area contributed by atoms with Crippen molar-refractivity contribution in [1.82, 2.24) is 10.5 Å². The van der Waals surface area contributed by atoms with Gasteiger partial charge in [0.05, 0.1) is 17.2 Å². The number of nitrogens with zero attached hydrogens (tertiary/aromatic N) is 1. The van der Waals surface area contributed by atoms with Crippen LogP contribution in [0.4, 0.5) is 4.39 Å². The van der Waals surface area contributed by atoms with Crippen molar-refractivity contribution >= 4 is 29.0 Å². The van der Waals surface area contributed by atoms with E-state index in [1.54, 1.807) is 23.5 Å². The zero-order chi connectivity index (χ0) is 16.1. The summed E-state index contributed by atoms with van der Waals surface area (Å²) in [4.78, 5) is 13.7. The Morgan fingerprint density at radius 1 is 1.30 bits per heavy atom. The second-order valence-corrected chi connectivity index (χ2v) is 6.68. The molecule has 7 heteroatoms. The minimum Gasteiger partial charge on any atom is -0.355 e. The Morgan fingerprint density at radius 3 is 2.87 bits per heavy atom. The number of carbonyl (C=O) groups is 1. The van der Waals surface area contributed by atoms with Gasteiger partial charge in [-0.2, -0.15) is 0 Å². The molecule has 0 saturated carbocycles. The third-order valence-electron chi connectivity index (χ3n) is 2.97. The lowest BCUT2D eigenvalue weighted by Gasteiger charge is -2.03. The second kappa shape index (κ2) is 7.43. The van der Waals surface area contributed by atoms with Crippen molar-refractivity contribution in [2.24, 2.45) is 0 Å². The summed E-state index contributed by atoms with van der Waals surface area (Å²) in [6, 6.07) is 11.8. The minimum atomic E-state index is -0.286. The average molecular weight is 348 g/mol. The quantitative estimate of drug-likeness (QED) is 0.685. The Bertz CT molecular complexity index is 770. The molecule has 0 bridgehead atoms. The summed E-state index contributed by atoms with van der Waals surface area (Å²) in [5.41, 5.74) is 0.675. The van der Waals surface area contributed by atoms with Crippen LogP contribution in [0, 0.1) is 5.82 Å². The van der Waals surface area contributed by atoms with Gasteiger partial charge in [-0.15, -0.1) is 23.1 Å². The summed E-state index contributed by atoms with van der Waals surface area (Å²) in [6.07, 6.45) is 0. The summed E-state index contributed by atoms with van der Waals surface area (Å²) in [5.74, 6) is 0.567. The van der Waals surface area contributed by atoms with E-state index in [1.165, 1.54) is 23.9 Å². The van der Waals surface area contributed by atoms with Gasteiger partial charge in [0.15, 0.2) is 5.76 Å². The highest BCUT2D eigenvalue weighted by atomic mass is 32.2. The van der Waals surface area contributed by atoms with Crippen LogP contribution in [0.15, 0.2) is 57.3 Å². The van der Waals surface area contributed by atoms with Crippen LogP contribution in [0.5, 0.6) is 0 Å². The Hall–Kier alpha value is -2.12. The van der Waals surface area contributed by atoms with E-state index in [-0.39, 0.29) is 17.5 Å². The molecule has 3 rings (SSSR count). The standard InChI is InChI=1S/C16H13FN2O2S2/c17-11-3-5-13(6-4-11)23-10-16(20)18-9-12-8-14(21-19-12)15-2-1-7-22-15/h1-8H,9-10H2,(H,18,20). The number of halogens is 1. The van der Waals surface area contributed by atoms with E-state index in [2.05, 4.69) is 10.5 Å². The summed E-state index contributed by atoms with van der Waals surface area (Å²) >= 11 is 2.92. The minimum absolute atomic E-state index is 0.111. The maximum atomic E-state index is 12.8. The van der Waals surface area contributed by atoms with Gasteiger partial charge in [-0.1, -0.05) is 11.2 Å². The monoisotopic (exact) mass is 348 g/mol. The Labute approximate surface area is 140 Å². The molecular weight excluding hydrogens is 335 g/mol. The van der Waals surface area contributed by atoms with Crippen molar-refractivity contribution in [1.29, 1.82) is 0 Å². The molecular formula is C16H13FN2O2S2. The van der Waals surface area contributed by atoms with Crippen molar-refractivity contribution in [2.45, 2.75) is 11.4 Å². The summed E-state index contributed by atoms with van der Waals surface area (Å²) in [5, 5.41) is 8.69. The van der Waals surface area contributed by atoms with Crippen LogP contribution in [-0.2, 0) is 11.3 Å². The lowest BCUT2D eigenvalue weighted by atomic mass is 10.3. The Morgan fingerprint density at radius 2 is 2.13 bits per heavy atom. The number of hydrogen-bond donors (Lipinski definition) is 1. The first kappa shape index (κ1) is 15.8. The van der Waals surface area contributed by atoms with Crippen molar-refractivity contribution in [3.05, 3.63) is 59.4 Å². The molecule has 3 aromatic rings. The summed E-state index contributed by atoms with van der Waals surface area (Å²) in [7, 11) is 0. The lowest BCUT2D eigenvalue weighted by molar-refractivity contribution is -0.118. The maximum Gasteiger partial charge on any atom is 0.230 e. The van der Waals surface area contributed by atoms with Crippen molar-refractivity contribution in [2.75, 3.05) is 5.75 Å². The zero-order valence-corrected chi connectivity index (χ0v) is 13.6. The predicted molar refractivity (Wildman–Crippen MR) is 88.8 cm³/mol. The maximum absolute atomic E-state index is 12.8. The molecule has 1 N–H and O–H groups in total. The first-order valence-electron chi connectivity index (χ1n) is 6.85. The molecule has 0 saturated heterocycles. The fraction of sp³-hybridized carbons (Fsp3) is 0.125. The van der Waals surface area contributed by atoms with E-state index in [0.717, 1.165) is 9.77 Å². The molecule has 0 aliphatic heterocycles. The third-order valence-corrected chi connectivity index (χ3v) is 4.87. The molecule has 0 spiro atoms. The van der Waals surface area contributed by atoms with E-state index >= 15 is 0 Å². The first-order chi connectivity index (χ1) is 11.2. The van der Waals surface area contributed by atoms with Gasteiger partial charge in [0.25, 0.3) is 0 Å².